The molecule has 1 aromatic carbocycles. The average Bonchev–Trinajstić information content (AvgIpc) is 2.50. The number of hydrogen-bond acceptors (Lipinski definition) is 6. The smallest absolute Gasteiger partial charge is 0.150 e. The first-order chi connectivity index (χ1) is 9.93. The number of sulfone groups is 1. The van der Waals surface area contributed by atoms with Crippen molar-refractivity contribution in [3.63, 3.8) is 0 Å². The highest BCUT2D eigenvalue weighted by molar-refractivity contribution is 7.91. The van der Waals surface area contributed by atoms with Crippen molar-refractivity contribution in [3.05, 3.63) is 23.8 Å². The number of methoxy groups -OCH3 is 1. The predicted octanol–water partition coefficient (Wildman–Crippen LogP) is 2.10. The van der Waals surface area contributed by atoms with Crippen molar-refractivity contribution in [3.8, 4) is 11.5 Å². The van der Waals surface area contributed by atoms with Crippen LogP contribution in [0.2, 0.25) is 0 Å². The average molecular weight is 315 g/mol. The van der Waals surface area contributed by atoms with E-state index in [1.165, 1.54) is 0 Å². The van der Waals surface area contributed by atoms with E-state index in [9.17, 15) is 8.42 Å². The Hall–Kier alpha value is -1.76. The van der Waals surface area contributed by atoms with E-state index in [2.05, 4.69) is 5.16 Å². The van der Waals surface area contributed by atoms with Crippen LogP contribution in [0.1, 0.15) is 25.8 Å². The molecule has 1 aromatic rings. The van der Waals surface area contributed by atoms with E-state index in [0.29, 0.717) is 29.2 Å². The zero-order valence-corrected chi connectivity index (χ0v) is 13.3. The van der Waals surface area contributed by atoms with E-state index in [0.717, 1.165) is 0 Å². The van der Waals surface area contributed by atoms with Crippen LogP contribution in [0.15, 0.2) is 23.4 Å². The van der Waals surface area contributed by atoms with Crippen LogP contribution in [0.3, 0.4) is 0 Å². The molecule has 118 valence electrons. The van der Waals surface area contributed by atoms with Crippen molar-refractivity contribution < 1.29 is 23.1 Å². The maximum absolute atomic E-state index is 11.4. The molecule has 0 fully saturated rings. The first kappa shape index (κ1) is 17.3. The van der Waals surface area contributed by atoms with Crippen LogP contribution in [-0.2, 0) is 9.84 Å². The minimum absolute atomic E-state index is 0.0931. The highest BCUT2D eigenvalue weighted by Gasteiger charge is 2.11. The van der Waals surface area contributed by atoms with Crippen LogP contribution in [-0.4, -0.2) is 44.6 Å². The molecule has 1 N–H and O–H groups in total. The first-order valence-corrected chi connectivity index (χ1v) is 8.46. The van der Waals surface area contributed by atoms with Gasteiger partial charge in [-0.25, -0.2) is 8.42 Å². The Morgan fingerprint density at radius 3 is 2.67 bits per heavy atom. The van der Waals surface area contributed by atoms with Crippen molar-refractivity contribution >= 4 is 15.5 Å². The molecule has 7 heteroatoms. The molecule has 0 aromatic heterocycles. The normalized spacial score (nSPS) is 12.2. The molecule has 0 aliphatic rings. The summed E-state index contributed by atoms with van der Waals surface area (Å²) in [7, 11) is -1.45. The van der Waals surface area contributed by atoms with Crippen LogP contribution < -0.4 is 9.47 Å². The summed E-state index contributed by atoms with van der Waals surface area (Å²) < 4.78 is 33.5. The lowest BCUT2D eigenvalue weighted by atomic mass is 10.1. The minimum atomic E-state index is -2.99. The van der Waals surface area contributed by atoms with Crippen LogP contribution in [0, 0.1) is 0 Å². The molecule has 1 rings (SSSR count). The fourth-order valence-electron chi connectivity index (χ4n) is 1.71. The molecule has 0 atom stereocenters. The zero-order valence-electron chi connectivity index (χ0n) is 12.5. The van der Waals surface area contributed by atoms with Crippen LogP contribution >= 0.6 is 0 Å². The lowest BCUT2D eigenvalue weighted by Crippen LogP contribution is -2.12. The summed E-state index contributed by atoms with van der Waals surface area (Å²) in [6, 6.07) is 5.14. The number of ether oxygens (including phenoxy) is 2. The van der Waals surface area contributed by atoms with Crippen LogP contribution in [0.4, 0.5) is 0 Å². The van der Waals surface area contributed by atoms with E-state index in [1.54, 1.807) is 39.2 Å². The number of oxime groups is 1. The van der Waals surface area contributed by atoms with E-state index in [-0.39, 0.29) is 18.1 Å². The van der Waals surface area contributed by atoms with Gasteiger partial charge in [-0.05, 0) is 25.5 Å². The molecule has 6 nitrogen and oxygen atoms in total. The number of nitrogens with zero attached hydrogens (tertiary/aromatic N) is 1. The molecule has 21 heavy (non-hydrogen) atoms. The quantitative estimate of drug-likeness (QED) is 0.344. The van der Waals surface area contributed by atoms with Gasteiger partial charge >= 0.3 is 0 Å². The van der Waals surface area contributed by atoms with Crippen molar-refractivity contribution in [1.29, 1.82) is 0 Å². The van der Waals surface area contributed by atoms with Crippen molar-refractivity contribution in [2.24, 2.45) is 5.16 Å². The molecular formula is C14H21NO5S. The lowest BCUT2D eigenvalue weighted by molar-refractivity contribution is 0.310. The van der Waals surface area contributed by atoms with Crippen molar-refractivity contribution in [2.75, 3.05) is 25.2 Å². The summed E-state index contributed by atoms with van der Waals surface area (Å²) in [5.74, 6) is 1.34. The molecule has 0 amide bonds. The largest absolute Gasteiger partial charge is 0.497 e. The van der Waals surface area contributed by atoms with Gasteiger partial charge in [-0.15, -0.1) is 0 Å². The fourth-order valence-corrected chi connectivity index (χ4v) is 2.55. The van der Waals surface area contributed by atoms with Gasteiger partial charge in [0.1, 0.15) is 21.3 Å². The Morgan fingerprint density at radius 2 is 2.10 bits per heavy atom. The third-order valence-electron chi connectivity index (χ3n) is 3.03. The van der Waals surface area contributed by atoms with Gasteiger partial charge in [0.05, 0.1) is 25.2 Å². The van der Waals surface area contributed by atoms with E-state index < -0.39 is 9.84 Å². The molecule has 0 radical (unpaired) electrons. The Bertz CT molecular complexity index is 595. The molecule has 0 aliphatic heterocycles. The lowest BCUT2D eigenvalue weighted by Gasteiger charge is -2.12. The third-order valence-corrected chi connectivity index (χ3v) is 4.82. The van der Waals surface area contributed by atoms with Gasteiger partial charge in [-0.3, -0.25) is 0 Å². The van der Waals surface area contributed by atoms with E-state index >= 15 is 0 Å². The third kappa shape index (κ3) is 5.26. The van der Waals surface area contributed by atoms with Gasteiger partial charge in [0.25, 0.3) is 0 Å². The monoisotopic (exact) mass is 315 g/mol. The SMILES string of the molecule is CCS(=O)(=O)CCCOc1cc(OC)ccc1/C(C)=N/O. The Balaban J connectivity index is 2.77. The summed E-state index contributed by atoms with van der Waals surface area (Å²) in [5.41, 5.74) is 1.05. The zero-order chi connectivity index (χ0) is 15.9. The molecule has 0 aliphatic carbocycles. The highest BCUT2D eigenvalue weighted by atomic mass is 32.2. The molecular weight excluding hydrogens is 294 g/mol. The van der Waals surface area contributed by atoms with Crippen molar-refractivity contribution in [1.82, 2.24) is 0 Å². The van der Waals surface area contributed by atoms with Crippen LogP contribution in [0.5, 0.6) is 11.5 Å². The topological polar surface area (TPSA) is 85.2 Å². The van der Waals surface area contributed by atoms with Gasteiger partial charge in [0.15, 0.2) is 0 Å². The standard InChI is InChI=1S/C14H21NO5S/c1-4-21(17,18)9-5-8-20-14-10-12(19-3)6-7-13(14)11(2)15-16/h6-7,10,16H,4-5,8-9H2,1-3H3/b15-11+. The number of rotatable bonds is 8. The summed E-state index contributed by atoms with van der Waals surface area (Å²) in [4.78, 5) is 0. The summed E-state index contributed by atoms with van der Waals surface area (Å²) in [5, 5.41) is 12.0. The summed E-state index contributed by atoms with van der Waals surface area (Å²) in [6.07, 6.45) is 0.405. The minimum Gasteiger partial charge on any atom is -0.497 e. The van der Waals surface area contributed by atoms with E-state index in [4.69, 9.17) is 14.7 Å². The second kappa shape index (κ2) is 7.87. The summed E-state index contributed by atoms with van der Waals surface area (Å²) >= 11 is 0. The maximum Gasteiger partial charge on any atom is 0.150 e. The summed E-state index contributed by atoms with van der Waals surface area (Å²) in [6.45, 7) is 3.53. The predicted molar refractivity (Wildman–Crippen MR) is 81.4 cm³/mol. The fraction of sp³-hybridized carbons (Fsp3) is 0.500. The molecule has 0 spiro atoms. The second-order valence-corrected chi connectivity index (χ2v) is 6.96. The van der Waals surface area contributed by atoms with Gasteiger partial charge in [-0.1, -0.05) is 12.1 Å². The molecule has 0 unspecified atom stereocenters. The number of benzene rings is 1. The van der Waals surface area contributed by atoms with Gasteiger partial charge < -0.3 is 14.7 Å². The second-order valence-electron chi connectivity index (χ2n) is 4.49. The van der Waals surface area contributed by atoms with E-state index in [1.807, 2.05) is 0 Å². The Kier molecular flexibility index (Phi) is 6.48. The maximum atomic E-state index is 11.4. The van der Waals surface area contributed by atoms with Crippen LogP contribution in [0.25, 0.3) is 0 Å². The molecule has 0 bridgehead atoms. The van der Waals surface area contributed by atoms with Crippen molar-refractivity contribution in [2.45, 2.75) is 20.3 Å². The Labute approximate surface area is 125 Å². The highest BCUT2D eigenvalue weighted by Crippen LogP contribution is 2.25. The number of hydrogen-bond donors (Lipinski definition) is 1. The molecule has 0 heterocycles. The first-order valence-electron chi connectivity index (χ1n) is 6.63. The molecule has 0 saturated heterocycles. The molecule has 0 saturated carbocycles. The van der Waals surface area contributed by atoms with Gasteiger partial charge in [-0.2, -0.15) is 0 Å². The van der Waals surface area contributed by atoms with Gasteiger partial charge in [0.2, 0.25) is 0 Å². The Morgan fingerprint density at radius 1 is 1.38 bits per heavy atom. The van der Waals surface area contributed by atoms with Gasteiger partial charge in [0, 0.05) is 17.4 Å².